The van der Waals surface area contributed by atoms with Gasteiger partial charge in [-0.2, -0.15) is 0 Å². The number of rotatable bonds is 5. The number of nitrogens with one attached hydrogen (secondary N) is 1. The van der Waals surface area contributed by atoms with E-state index in [2.05, 4.69) is 17.1 Å². The molecular formula is C13H18ClN3O2. The van der Waals surface area contributed by atoms with Gasteiger partial charge in [0.2, 0.25) is 0 Å². The lowest BCUT2D eigenvalue weighted by molar-refractivity contribution is -0.383. The van der Waals surface area contributed by atoms with Crippen LogP contribution in [0.1, 0.15) is 19.8 Å². The van der Waals surface area contributed by atoms with Crippen LogP contribution in [-0.2, 0) is 0 Å². The summed E-state index contributed by atoms with van der Waals surface area (Å²) in [6.45, 7) is 5.07. The Labute approximate surface area is 117 Å². The van der Waals surface area contributed by atoms with E-state index >= 15 is 0 Å². The Morgan fingerprint density at radius 2 is 2.16 bits per heavy atom. The van der Waals surface area contributed by atoms with Crippen molar-refractivity contribution < 1.29 is 4.92 Å². The van der Waals surface area contributed by atoms with Crippen LogP contribution in [0.25, 0.3) is 0 Å². The number of nitro groups is 1. The zero-order valence-corrected chi connectivity index (χ0v) is 11.7. The first-order chi connectivity index (χ1) is 9.08. The van der Waals surface area contributed by atoms with Crippen molar-refractivity contribution in [2.24, 2.45) is 0 Å². The molecule has 1 unspecified atom stereocenters. The molecule has 0 spiro atoms. The Morgan fingerprint density at radius 3 is 2.79 bits per heavy atom. The van der Waals surface area contributed by atoms with Gasteiger partial charge in [0.15, 0.2) is 0 Å². The van der Waals surface area contributed by atoms with Gasteiger partial charge in [-0.05, 0) is 45.0 Å². The summed E-state index contributed by atoms with van der Waals surface area (Å²) in [7, 11) is 0. The Kier molecular flexibility index (Phi) is 4.61. The van der Waals surface area contributed by atoms with Crippen molar-refractivity contribution >= 4 is 23.0 Å². The molecule has 0 saturated carbocycles. The van der Waals surface area contributed by atoms with Crippen molar-refractivity contribution in [3.8, 4) is 0 Å². The third kappa shape index (κ3) is 3.58. The Hall–Kier alpha value is -1.33. The zero-order chi connectivity index (χ0) is 13.8. The summed E-state index contributed by atoms with van der Waals surface area (Å²) in [6.07, 6.45) is 2.48. The molecule has 1 fully saturated rings. The second kappa shape index (κ2) is 6.21. The van der Waals surface area contributed by atoms with Gasteiger partial charge < -0.3 is 5.32 Å². The number of likely N-dealkylation sites (tertiary alicyclic amines) is 1. The van der Waals surface area contributed by atoms with Crippen LogP contribution >= 0.6 is 11.6 Å². The number of nitrogens with zero attached hydrogens (tertiary/aromatic N) is 2. The summed E-state index contributed by atoms with van der Waals surface area (Å²) in [6, 6.07) is 5.08. The molecule has 1 aromatic rings. The molecule has 1 N–H and O–H groups in total. The molecule has 0 aliphatic carbocycles. The average Bonchev–Trinajstić information content (AvgIpc) is 2.90. The van der Waals surface area contributed by atoms with Gasteiger partial charge in [-0.3, -0.25) is 15.0 Å². The quantitative estimate of drug-likeness (QED) is 0.666. The fourth-order valence-electron chi connectivity index (χ4n) is 2.37. The number of halogens is 1. The smallest absolute Gasteiger partial charge is 0.293 e. The lowest BCUT2D eigenvalue weighted by Gasteiger charge is -2.24. The molecule has 1 saturated heterocycles. The minimum atomic E-state index is -0.408. The normalized spacial score (nSPS) is 17.4. The van der Waals surface area contributed by atoms with E-state index in [0.29, 0.717) is 23.3 Å². The molecule has 19 heavy (non-hydrogen) atoms. The Bertz CT molecular complexity index is 461. The Balaban J connectivity index is 2.00. The summed E-state index contributed by atoms with van der Waals surface area (Å²) in [5, 5.41) is 14.5. The summed E-state index contributed by atoms with van der Waals surface area (Å²) in [5.74, 6) is 0. The van der Waals surface area contributed by atoms with Gasteiger partial charge >= 0.3 is 0 Å². The first-order valence-corrected chi connectivity index (χ1v) is 6.87. The van der Waals surface area contributed by atoms with Gasteiger partial charge in [0.1, 0.15) is 5.69 Å². The maximum Gasteiger partial charge on any atom is 0.293 e. The SMILES string of the molecule is CC(CNc1ccc(Cl)cc1[N+](=O)[O-])N1CCCC1. The number of nitro benzene ring substituents is 1. The highest BCUT2D eigenvalue weighted by Gasteiger charge is 2.19. The van der Waals surface area contributed by atoms with Crippen LogP contribution in [0.3, 0.4) is 0 Å². The third-order valence-corrected chi connectivity index (χ3v) is 3.74. The molecule has 6 heteroatoms. The standard InChI is InChI=1S/C13H18ClN3O2/c1-10(16-6-2-3-7-16)9-15-12-5-4-11(14)8-13(12)17(18)19/h4-5,8,10,15H,2-3,6-7,9H2,1H3. The number of anilines is 1. The van der Waals surface area contributed by atoms with Gasteiger partial charge in [0.25, 0.3) is 5.69 Å². The van der Waals surface area contributed by atoms with E-state index in [9.17, 15) is 10.1 Å². The van der Waals surface area contributed by atoms with Crippen molar-refractivity contribution in [3.05, 3.63) is 33.3 Å². The van der Waals surface area contributed by atoms with Crippen molar-refractivity contribution in [1.82, 2.24) is 4.90 Å². The fraction of sp³-hybridized carbons (Fsp3) is 0.538. The molecular weight excluding hydrogens is 266 g/mol. The molecule has 1 aromatic carbocycles. The van der Waals surface area contributed by atoms with Gasteiger partial charge in [-0.15, -0.1) is 0 Å². The third-order valence-electron chi connectivity index (χ3n) is 3.51. The maximum absolute atomic E-state index is 11.0. The molecule has 0 radical (unpaired) electrons. The van der Waals surface area contributed by atoms with E-state index in [1.54, 1.807) is 12.1 Å². The highest BCUT2D eigenvalue weighted by atomic mass is 35.5. The predicted octanol–water partition coefficient (Wildman–Crippen LogP) is 3.14. The zero-order valence-electron chi connectivity index (χ0n) is 10.9. The molecule has 1 aliphatic rings. The van der Waals surface area contributed by atoms with Gasteiger partial charge in [0.05, 0.1) is 4.92 Å². The van der Waals surface area contributed by atoms with E-state index in [1.165, 1.54) is 18.9 Å². The number of benzene rings is 1. The van der Waals surface area contributed by atoms with E-state index in [-0.39, 0.29) is 5.69 Å². The summed E-state index contributed by atoms with van der Waals surface area (Å²) in [5.41, 5.74) is 0.557. The lowest BCUT2D eigenvalue weighted by Crippen LogP contribution is -2.35. The molecule has 1 aliphatic heterocycles. The van der Waals surface area contributed by atoms with Crippen LogP contribution in [0.4, 0.5) is 11.4 Å². The Morgan fingerprint density at radius 1 is 1.47 bits per heavy atom. The molecule has 0 aromatic heterocycles. The van der Waals surface area contributed by atoms with Gasteiger partial charge in [-0.25, -0.2) is 0 Å². The summed E-state index contributed by atoms with van der Waals surface area (Å²) in [4.78, 5) is 13.0. The van der Waals surface area contributed by atoms with Crippen molar-refractivity contribution in [2.75, 3.05) is 25.0 Å². The van der Waals surface area contributed by atoms with E-state index in [1.807, 2.05) is 0 Å². The molecule has 0 bridgehead atoms. The molecule has 1 heterocycles. The lowest BCUT2D eigenvalue weighted by atomic mass is 10.2. The van der Waals surface area contributed by atoms with E-state index in [0.717, 1.165) is 13.1 Å². The minimum absolute atomic E-state index is 0.0288. The first kappa shape index (κ1) is 14.1. The molecule has 0 amide bonds. The van der Waals surface area contributed by atoms with Crippen LogP contribution in [0.5, 0.6) is 0 Å². The predicted molar refractivity (Wildman–Crippen MR) is 76.9 cm³/mol. The fourth-order valence-corrected chi connectivity index (χ4v) is 2.54. The van der Waals surface area contributed by atoms with Crippen molar-refractivity contribution in [3.63, 3.8) is 0 Å². The van der Waals surface area contributed by atoms with E-state index < -0.39 is 4.92 Å². The molecule has 104 valence electrons. The second-order valence-electron chi connectivity index (χ2n) is 4.89. The maximum atomic E-state index is 11.0. The van der Waals surface area contributed by atoms with Crippen LogP contribution < -0.4 is 5.32 Å². The monoisotopic (exact) mass is 283 g/mol. The van der Waals surface area contributed by atoms with Crippen LogP contribution in [0.15, 0.2) is 18.2 Å². The summed E-state index contributed by atoms with van der Waals surface area (Å²) < 4.78 is 0. The summed E-state index contributed by atoms with van der Waals surface area (Å²) >= 11 is 5.79. The largest absolute Gasteiger partial charge is 0.378 e. The molecule has 1 atom stereocenters. The topological polar surface area (TPSA) is 58.4 Å². The van der Waals surface area contributed by atoms with E-state index in [4.69, 9.17) is 11.6 Å². The first-order valence-electron chi connectivity index (χ1n) is 6.50. The van der Waals surface area contributed by atoms with Gasteiger partial charge in [-0.1, -0.05) is 11.6 Å². The molecule has 5 nitrogen and oxygen atoms in total. The second-order valence-corrected chi connectivity index (χ2v) is 5.33. The van der Waals surface area contributed by atoms with Crippen LogP contribution in [-0.4, -0.2) is 35.5 Å². The van der Waals surface area contributed by atoms with Gasteiger partial charge in [0, 0.05) is 23.7 Å². The number of hydrogen-bond acceptors (Lipinski definition) is 4. The highest BCUT2D eigenvalue weighted by Crippen LogP contribution is 2.27. The minimum Gasteiger partial charge on any atom is -0.378 e. The molecule has 2 rings (SSSR count). The van der Waals surface area contributed by atoms with Crippen molar-refractivity contribution in [1.29, 1.82) is 0 Å². The highest BCUT2D eigenvalue weighted by molar-refractivity contribution is 6.30. The van der Waals surface area contributed by atoms with Crippen LogP contribution in [0.2, 0.25) is 5.02 Å². The number of hydrogen-bond donors (Lipinski definition) is 1. The van der Waals surface area contributed by atoms with Crippen molar-refractivity contribution in [2.45, 2.75) is 25.8 Å². The van der Waals surface area contributed by atoms with Crippen LogP contribution in [0, 0.1) is 10.1 Å². The average molecular weight is 284 g/mol.